The maximum absolute atomic E-state index is 14.5. The fourth-order valence-electron chi connectivity index (χ4n) is 2.86. The summed E-state index contributed by atoms with van der Waals surface area (Å²) in [6.07, 6.45) is -2.27. The third kappa shape index (κ3) is 4.02. The number of anilines is 2. The quantitative estimate of drug-likeness (QED) is 0.708. The van der Waals surface area contributed by atoms with Gasteiger partial charge >= 0.3 is 0 Å². The summed E-state index contributed by atoms with van der Waals surface area (Å²) in [5.74, 6) is -1.64. The van der Waals surface area contributed by atoms with E-state index in [-0.39, 0.29) is 17.2 Å². The summed E-state index contributed by atoms with van der Waals surface area (Å²) in [5, 5.41) is 5.40. The maximum atomic E-state index is 14.5. The van der Waals surface area contributed by atoms with Gasteiger partial charge in [0.2, 0.25) is 0 Å². The van der Waals surface area contributed by atoms with Crippen LogP contribution in [0.25, 0.3) is 0 Å². The molecule has 0 aliphatic carbocycles. The number of pyridine rings is 1. The Morgan fingerprint density at radius 2 is 2.03 bits per heavy atom. The molecule has 0 radical (unpaired) electrons. The second-order valence-corrected chi connectivity index (χ2v) is 6.55. The third-order valence-electron chi connectivity index (χ3n) is 4.63. The number of carbonyl (C=O) groups excluding carboxylic acids is 1. The van der Waals surface area contributed by atoms with E-state index in [0.29, 0.717) is 5.69 Å². The third-order valence-corrected chi connectivity index (χ3v) is 4.63. The highest BCUT2D eigenvalue weighted by atomic mass is 19.3. The van der Waals surface area contributed by atoms with Gasteiger partial charge in [-0.25, -0.2) is 18.2 Å². The van der Waals surface area contributed by atoms with Gasteiger partial charge in [-0.15, -0.1) is 0 Å². The molecule has 1 aliphatic heterocycles. The number of nitrogens with one attached hydrogen (secondary N) is 2. The Labute approximate surface area is 165 Å². The molecule has 7 nitrogen and oxygen atoms in total. The number of amidine groups is 1. The molecule has 10 heteroatoms. The fraction of sp³-hybridized carbons (Fsp3) is 0.316. The minimum atomic E-state index is -3.08. The van der Waals surface area contributed by atoms with E-state index >= 15 is 0 Å². The molecular weight excluding hydrogens is 387 g/mol. The van der Waals surface area contributed by atoms with Gasteiger partial charge in [0.25, 0.3) is 12.3 Å². The van der Waals surface area contributed by atoms with Crippen LogP contribution in [0.5, 0.6) is 0 Å². The number of hydrogen-bond acceptors (Lipinski definition) is 6. The van der Waals surface area contributed by atoms with Crippen molar-refractivity contribution in [2.75, 3.05) is 24.3 Å². The molecule has 1 aliphatic rings. The van der Waals surface area contributed by atoms with Crippen LogP contribution in [0.15, 0.2) is 41.5 Å². The van der Waals surface area contributed by atoms with Crippen molar-refractivity contribution in [3.63, 3.8) is 0 Å². The van der Waals surface area contributed by atoms with Crippen LogP contribution in [-0.2, 0) is 10.3 Å². The van der Waals surface area contributed by atoms with Gasteiger partial charge in [-0.1, -0.05) is 0 Å². The largest absolute Gasteiger partial charge is 0.387 e. The summed E-state index contributed by atoms with van der Waals surface area (Å²) in [5.41, 5.74) is 3.90. The highest BCUT2D eigenvalue weighted by Gasteiger charge is 2.47. The lowest BCUT2D eigenvalue weighted by atomic mass is 9.89. The SMILES string of the molecule is CNc1ccc(C(=O)Nc2ccc(F)c(C3(C(F)F)COC(C)C(N)=N3)c2)nc1. The molecule has 29 heavy (non-hydrogen) atoms. The van der Waals surface area contributed by atoms with Crippen LogP contribution in [0.4, 0.5) is 24.5 Å². The minimum absolute atomic E-state index is 0.107. The predicted molar refractivity (Wildman–Crippen MR) is 103 cm³/mol. The lowest BCUT2D eigenvalue weighted by Gasteiger charge is -2.35. The van der Waals surface area contributed by atoms with Crippen LogP contribution in [0.1, 0.15) is 23.0 Å². The van der Waals surface area contributed by atoms with Crippen molar-refractivity contribution in [3.05, 3.63) is 53.6 Å². The van der Waals surface area contributed by atoms with Crippen LogP contribution >= 0.6 is 0 Å². The standard InChI is InChI=1S/C19H20F3N5O2/c1-10-16(23)27-19(9-29-10,18(21)22)13-7-11(3-5-14(13)20)26-17(28)15-6-4-12(24-2)8-25-15/h3-8,10,18,24H,9H2,1-2H3,(H2,23,27)(H,26,28). The Morgan fingerprint density at radius 3 is 2.62 bits per heavy atom. The highest BCUT2D eigenvalue weighted by molar-refractivity contribution is 6.03. The molecule has 0 fully saturated rings. The summed E-state index contributed by atoms with van der Waals surface area (Å²) in [4.78, 5) is 20.3. The van der Waals surface area contributed by atoms with E-state index in [9.17, 15) is 18.0 Å². The van der Waals surface area contributed by atoms with Gasteiger partial charge in [0.05, 0.1) is 18.5 Å². The first-order chi connectivity index (χ1) is 13.8. The van der Waals surface area contributed by atoms with Crippen LogP contribution < -0.4 is 16.4 Å². The summed E-state index contributed by atoms with van der Waals surface area (Å²) in [7, 11) is 1.71. The normalized spacial score (nSPS) is 21.6. The zero-order valence-corrected chi connectivity index (χ0v) is 15.7. The Hall–Kier alpha value is -3.14. The predicted octanol–water partition coefficient (Wildman–Crippen LogP) is 2.75. The van der Waals surface area contributed by atoms with Crippen molar-refractivity contribution in [1.82, 2.24) is 4.98 Å². The summed E-state index contributed by atoms with van der Waals surface area (Å²) < 4.78 is 47.7. The number of alkyl halides is 2. The minimum Gasteiger partial charge on any atom is -0.387 e. The van der Waals surface area contributed by atoms with E-state index in [0.717, 1.165) is 12.1 Å². The molecular formula is C19H20F3N5O2. The first-order valence-corrected chi connectivity index (χ1v) is 8.77. The molecule has 2 atom stereocenters. The number of hydrogen-bond donors (Lipinski definition) is 3. The Morgan fingerprint density at radius 1 is 1.31 bits per heavy atom. The van der Waals surface area contributed by atoms with Crippen LogP contribution in [0.2, 0.25) is 0 Å². The Kier molecular flexibility index (Phi) is 5.73. The van der Waals surface area contributed by atoms with E-state index in [1.54, 1.807) is 20.0 Å². The maximum Gasteiger partial charge on any atom is 0.274 e. The lowest BCUT2D eigenvalue weighted by Crippen LogP contribution is -2.48. The topological polar surface area (TPSA) is 102 Å². The van der Waals surface area contributed by atoms with E-state index in [1.165, 1.54) is 18.3 Å². The van der Waals surface area contributed by atoms with Gasteiger partial charge in [0, 0.05) is 18.3 Å². The number of amides is 1. The smallest absolute Gasteiger partial charge is 0.274 e. The van der Waals surface area contributed by atoms with Gasteiger partial charge < -0.3 is 21.1 Å². The van der Waals surface area contributed by atoms with Crippen LogP contribution in [0.3, 0.4) is 0 Å². The van der Waals surface area contributed by atoms with Crippen molar-refractivity contribution in [2.45, 2.75) is 25.0 Å². The lowest BCUT2D eigenvalue weighted by molar-refractivity contribution is -0.0340. The van der Waals surface area contributed by atoms with E-state index < -0.39 is 42.0 Å². The highest BCUT2D eigenvalue weighted by Crippen LogP contribution is 2.38. The number of nitrogens with two attached hydrogens (primary N) is 1. The number of halogens is 3. The number of aliphatic imine (C=N–C) groups is 1. The zero-order valence-electron chi connectivity index (χ0n) is 15.7. The van der Waals surface area contributed by atoms with Gasteiger partial charge in [0.15, 0.2) is 5.54 Å². The van der Waals surface area contributed by atoms with Crippen molar-refractivity contribution >= 4 is 23.1 Å². The van der Waals surface area contributed by atoms with Gasteiger partial charge in [-0.3, -0.25) is 9.79 Å². The molecule has 1 amide bonds. The number of aromatic nitrogens is 1. The molecule has 0 saturated carbocycles. The van der Waals surface area contributed by atoms with Crippen molar-refractivity contribution in [1.29, 1.82) is 0 Å². The molecule has 2 unspecified atom stereocenters. The molecule has 4 N–H and O–H groups in total. The van der Waals surface area contributed by atoms with Crippen molar-refractivity contribution < 1.29 is 22.7 Å². The van der Waals surface area contributed by atoms with E-state index in [4.69, 9.17) is 10.5 Å². The summed E-state index contributed by atoms with van der Waals surface area (Å²) >= 11 is 0. The van der Waals surface area contributed by atoms with Crippen molar-refractivity contribution in [2.24, 2.45) is 10.7 Å². The van der Waals surface area contributed by atoms with Gasteiger partial charge in [-0.2, -0.15) is 0 Å². The van der Waals surface area contributed by atoms with Crippen LogP contribution in [-0.4, -0.2) is 42.9 Å². The van der Waals surface area contributed by atoms with E-state index in [1.807, 2.05) is 0 Å². The first kappa shape index (κ1) is 20.6. The number of benzene rings is 1. The fourth-order valence-corrected chi connectivity index (χ4v) is 2.86. The van der Waals surface area contributed by atoms with E-state index in [2.05, 4.69) is 20.6 Å². The Bertz CT molecular complexity index is 936. The van der Waals surface area contributed by atoms with Gasteiger partial charge in [-0.05, 0) is 37.3 Å². The zero-order chi connectivity index (χ0) is 21.2. The average Bonchev–Trinajstić information content (AvgIpc) is 2.71. The summed E-state index contributed by atoms with van der Waals surface area (Å²) in [6.45, 7) is 1.02. The second-order valence-electron chi connectivity index (χ2n) is 6.55. The number of carbonyl (C=O) groups is 1. The Balaban J connectivity index is 1.94. The molecule has 154 valence electrons. The van der Waals surface area contributed by atoms with Crippen molar-refractivity contribution in [3.8, 4) is 0 Å². The molecule has 1 aromatic carbocycles. The van der Waals surface area contributed by atoms with Gasteiger partial charge in [0.1, 0.15) is 23.5 Å². The average molecular weight is 407 g/mol. The molecule has 1 aromatic heterocycles. The number of ether oxygens (including phenoxy) is 1. The molecule has 2 heterocycles. The molecule has 2 aromatic rings. The molecule has 0 saturated heterocycles. The molecule has 0 bridgehead atoms. The number of nitrogens with zero attached hydrogens (tertiary/aromatic N) is 2. The molecule has 0 spiro atoms. The second kappa shape index (κ2) is 8.08. The van der Waals surface area contributed by atoms with Crippen LogP contribution in [0, 0.1) is 5.82 Å². The summed E-state index contributed by atoms with van der Waals surface area (Å²) in [6, 6.07) is 6.50. The molecule has 3 rings (SSSR count). The monoisotopic (exact) mass is 407 g/mol. The first-order valence-electron chi connectivity index (χ1n) is 8.77. The number of rotatable bonds is 5.